The summed E-state index contributed by atoms with van der Waals surface area (Å²) in [6, 6.07) is 9.37. The number of halogens is 2. The Labute approximate surface area is 117 Å². The van der Waals surface area contributed by atoms with Gasteiger partial charge in [-0.05, 0) is 45.8 Å². The molecule has 2 aromatic rings. The van der Waals surface area contributed by atoms with Crippen molar-refractivity contribution in [2.45, 2.75) is 16.5 Å². The molecule has 0 fully saturated rings. The lowest BCUT2D eigenvalue weighted by Gasteiger charge is -2.05. The molecule has 0 saturated heterocycles. The zero-order chi connectivity index (χ0) is 12.3. The molecule has 0 bridgehead atoms. The Kier molecular flexibility index (Phi) is 4.45. The van der Waals surface area contributed by atoms with Gasteiger partial charge in [0.05, 0.1) is 11.6 Å². The summed E-state index contributed by atoms with van der Waals surface area (Å²) in [5, 5.41) is 10.5. The number of aromatic nitrogens is 1. The summed E-state index contributed by atoms with van der Waals surface area (Å²) in [4.78, 5) is 5.19. The van der Waals surface area contributed by atoms with Crippen molar-refractivity contribution < 1.29 is 5.11 Å². The maximum absolute atomic E-state index is 8.99. The first kappa shape index (κ1) is 12.9. The molecule has 0 atom stereocenters. The summed E-state index contributed by atoms with van der Waals surface area (Å²) in [6.45, 7) is 0.00119. The lowest BCUT2D eigenvalue weighted by Crippen LogP contribution is -1.85. The van der Waals surface area contributed by atoms with Gasteiger partial charge < -0.3 is 5.11 Å². The van der Waals surface area contributed by atoms with Gasteiger partial charge in [-0.1, -0.05) is 29.4 Å². The van der Waals surface area contributed by atoms with Crippen LogP contribution < -0.4 is 0 Å². The molecule has 0 aliphatic carbocycles. The zero-order valence-corrected chi connectivity index (χ0v) is 11.9. The number of pyridine rings is 1. The van der Waals surface area contributed by atoms with Crippen LogP contribution in [0.2, 0.25) is 5.02 Å². The summed E-state index contributed by atoms with van der Waals surface area (Å²) in [7, 11) is 0. The molecule has 1 aromatic heterocycles. The molecule has 88 valence electrons. The van der Waals surface area contributed by atoms with Crippen molar-refractivity contribution in [2.24, 2.45) is 0 Å². The number of aliphatic hydroxyl groups excluding tert-OH is 1. The normalized spacial score (nSPS) is 10.5. The van der Waals surface area contributed by atoms with Crippen molar-refractivity contribution in [2.75, 3.05) is 0 Å². The minimum atomic E-state index is 0.00119. The Morgan fingerprint density at radius 3 is 2.71 bits per heavy atom. The molecule has 5 heteroatoms. The van der Waals surface area contributed by atoms with Crippen molar-refractivity contribution in [3.05, 3.63) is 51.6 Å². The highest BCUT2D eigenvalue weighted by molar-refractivity contribution is 9.10. The maximum atomic E-state index is 8.99. The van der Waals surface area contributed by atoms with Gasteiger partial charge >= 0.3 is 0 Å². The minimum absolute atomic E-state index is 0.00119. The Morgan fingerprint density at radius 1 is 1.29 bits per heavy atom. The molecule has 0 aliphatic rings. The van der Waals surface area contributed by atoms with Gasteiger partial charge in [0, 0.05) is 15.6 Å². The molecule has 2 nitrogen and oxygen atoms in total. The van der Waals surface area contributed by atoms with E-state index in [2.05, 4.69) is 20.9 Å². The zero-order valence-electron chi connectivity index (χ0n) is 8.73. The van der Waals surface area contributed by atoms with E-state index < -0.39 is 0 Å². The Bertz CT molecular complexity index is 518. The lowest BCUT2D eigenvalue weighted by molar-refractivity contribution is 0.282. The molecule has 1 N–H and O–H groups in total. The lowest BCUT2D eigenvalue weighted by atomic mass is 10.2. The van der Waals surface area contributed by atoms with Crippen LogP contribution in [0.3, 0.4) is 0 Å². The molecule has 1 aromatic carbocycles. The van der Waals surface area contributed by atoms with Crippen LogP contribution in [0, 0.1) is 0 Å². The van der Waals surface area contributed by atoms with Crippen LogP contribution in [0.15, 0.2) is 50.9 Å². The van der Waals surface area contributed by atoms with Crippen molar-refractivity contribution in [1.29, 1.82) is 0 Å². The molecule has 17 heavy (non-hydrogen) atoms. The van der Waals surface area contributed by atoms with Crippen LogP contribution in [-0.4, -0.2) is 10.1 Å². The van der Waals surface area contributed by atoms with Gasteiger partial charge in [-0.25, -0.2) is 4.98 Å². The second-order valence-corrected chi connectivity index (χ2v) is 5.72. The van der Waals surface area contributed by atoms with Crippen LogP contribution in [0.25, 0.3) is 0 Å². The van der Waals surface area contributed by atoms with Crippen molar-refractivity contribution >= 4 is 39.3 Å². The van der Waals surface area contributed by atoms with Crippen LogP contribution in [-0.2, 0) is 6.61 Å². The largest absolute Gasteiger partial charge is 0.392 e. The molecule has 0 spiro atoms. The molecule has 0 saturated carbocycles. The number of benzene rings is 1. The Balaban J connectivity index is 2.21. The maximum Gasteiger partial charge on any atom is 0.101 e. The van der Waals surface area contributed by atoms with Gasteiger partial charge in [0.15, 0.2) is 0 Å². The van der Waals surface area contributed by atoms with E-state index in [0.717, 1.165) is 20.0 Å². The fraction of sp³-hybridized carbons (Fsp3) is 0.0833. The molecule has 2 rings (SSSR count). The highest BCUT2D eigenvalue weighted by atomic mass is 79.9. The fourth-order valence-electron chi connectivity index (χ4n) is 1.26. The Morgan fingerprint density at radius 2 is 2.12 bits per heavy atom. The monoisotopic (exact) mass is 329 g/mol. The molecule has 0 unspecified atom stereocenters. The number of nitrogens with zero attached hydrogens (tertiary/aromatic N) is 1. The molecular weight excluding hydrogens is 322 g/mol. The van der Waals surface area contributed by atoms with Crippen molar-refractivity contribution in [3.63, 3.8) is 0 Å². The Hall–Kier alpha value is -0.550. The summed E-state index contributed by atoms with van der Waals surface area (Å²) in [5.41, 5.74) is 0.808. The number of rotatable bonds is 3. The first-order valence-corrected chi connectivity index (χ1v) is 6.86. The molecule has 0 amide bonds. The quantitative estimate of drug-likeness (QED) is 0.918. The van der Waals surface area contributed by atoms with E-state index in [-0.39, 0.29) is 6.61 Å². The van der Waals surface area contributed by atoms with Crippen molar-refractivity contribution in [1.82, 2.24) is 4.98 Å². The number of hydrogen-bond acceptors (Lipinski definition) is 3. The summed E-state index contributed by atoms with van der Waals surface area (Å²) < 4.78 is 0.948. The van der Waals surface area contributed by atoms with E-state index >= 15 is 0 Å². The van der Waals surface area contributed by atoms with Crippen LogP contribution in [0.5, 0.6) is 0 Å². The summed E-state index contributed by atoms with van der Waals surface area (Å²) >= 11 is 11.0. The van der Waals surface area contributed by atoms with Gasteiger partial charge in [0.25, 0.3) is 0 Å². The van der Waals surface area contributed by atoms with Gasteiger partial charge in [0.2, 0.25) is 0 Å². The minimum Gasteiger partial charge on any atom is -0.392 e. The predicted octanol–water partition coefficient (Wildman–Crippen LogP) is 4.14. The third-order valence-electron chi connectivity index (χ3n) is 2.09. The van der Waals surface area contributed by atoms with Crippen LogP contribution >= 0.6 is 39.3 Å². The van der Waals surface area contributed by atoms with E-state index in [9.17, 15) is 0 Å². The van der Waals surface area contributed by atoms with E-state index in [4.69, 9.17) is 16.7 Å². The molecular formula is C12H9BrClNOS. The standard InChI is InChI=1S/C12H9BrClNOS/c13-9-2-4-12(15-6-9)17-11-3-1-8(7-16)5-10(11)14/h1-6,16H,7H2. The smallest absolute Gasteiger partial charge is 0.101 e. The van der Waals surface area contributed by atoms with E-state index in [1.165, 1.54) is 11.8 Å². The SMILES string of the molecule is OCc1ccc(Sc2ccc(Br)cn2)c(Cl)c1. The van der Waals surface area contributed by atoms with Crippen molar-refractivity contribution in [3.8, 4) is 0 Å². The summed E-state index contributed by atoms with van der Waals surface area (Å²) in [5.74, 6) is 0. The van der Waals surface area contributed by atoms with Gasteiger partial charge in [-0.15, -0.1) is 0 Å². The third-order valence-corrected chi connectivity index (χ3v) is 4.01. The fourth-order valence-corrected chi connectivity index (χ4v) is 2.57. The van der Waals surface area contributed by atoms with E-state index in [1.54, 1.807) is 12.3 Å². The van der Waals surface area contributed by atoms with E-state index in [1.807, 2.05) is 24.3 Å². The molecule has 0 aliphatic heterocycles. The van der Waals surface area contributed by atoms with E-state index in [0.29, 0.717) is 5.02 Å². The highest BCUT2D eigenvalue weighted by Crippen LogP contribution is 2.33. The predicted molar refractivity (Wildman–Crippen MR) is 73.4 cm³/mol. The first-order chi connectivity index (χ1) is 8.19. The third kappa shape index (κ3) is 3.45. The first-order valence-electron chi connectivity index (χ1n) is 4.88. The number of aliphatic hydroxyl groups is 1. The summed E-state index contributed by atoms with van der Waals surface area (Å²) in [6.07, 6.45) is 1.75. The second-order valence-electron chi connectivity index (χ2n) is 3.34. The van der Waals surface area contributed by atoms with Gasteiger partial charge in [-0.3, -0.25) is 0 Å². The average molecular weight is 331 g/mol. The second kappa shape index (κ2) is 5.87. The highest BCUT2D eigenvalue weighted by Gasteiger charge is 2.04. The van der Waals surface area contributed by atoms with Crippen LogP contribution in [0.4, 0.5) is 0 Å². The topological polar surface area (TPSA) is 33.1 Å². The molecule has 1 heterocycles. The number of hydrogen-bond donors (Lipinski definition) is 1. The van der Waals surface area contributed by atoms with Gasteiger partial charge in [0.1, 0.15) is 5.03 Å². The average Bonchev–Trinajstić information content (AvgIpc) is 2.34. The van der Waals surface area contributed by atoms with Gasteiger partial charge in [-0.2, -0.15) is 0 Å². The molecule has 0 radical (unpaired) electrons. The van der Waals surface area contributed by atoms with Crippen LogP contribution in [0.1, 0.15) is 5.56 Å².